The van der Waals surface area contributed by atoms with Crippen LogP contribution in [-0.4, -0.2) is 73.2 Å². The van der Waals surface area contributed by atoms with E-state index in [1.165, 1.54) is 16.1 Å². The summed E-state index contributed by atoms with van der Waals surface area (Å²) in [5.41, 5.74) is 5.64. The fraction of sp³-hybridized carbons (Fsp3) is 0.385. The molecule has 1 saturated heterocycles. The zero-order valence-corrected chi connectivity index (χ0v) is 20.7. The highest BCUT2D eigenvalue weighted by Gasteiger charge is 2.18. The number of rotatable bonds is 1. The highest BCUT2D eigenvalue weighted by molar-refractivity contribution is 7.10. The van der Waals surface area contributed by atoms with Gasteiger partial charge in [0, 0.05) is 72.7 Å². The first kappa shape index (κ1) is 23.0. The lowest BCUT2D eigenvalue weighted by Crippen LogP contribution is -2.45. The van der Waals surface area contributed by atoms with E-state index in [1.54, 1.807) is 11.3 Å². The molecule has 0 spiro atoms. The lowest BCUT2D eigenvalue weighted by Gasteiger charge is -2.35. The predicted molar refractivity (Wildman–Crippen MR) is 140 cm³/mol. The zero-order chi connectivity index (χ0) is 23.3. The van der Waals surface area contributed by atoms with Crippen molar-refractivity contribution in [2.75, 3.05) is 63.6 Å². The Labute approximate surface area is 205 Å². The summed E-state index contributed by atoms with van der Waals surface area (Å²) >= 11 is 1.70. The van der Waals surface area contributed by atoms with E-state index in [-0.39, 0.29) is 0 Å². The van der Waals surface area contributed by atoms with Gasteiger partial charge in [0.05, 0.1) is 18.9 Å². The number of likely N-dealkylation sites (N-methyl/N-ethyl adjacent to an activating group) is 2. The smallest absolute Gasteiger partial charge is 0.227 e. The molecule has 3 aromatic rings. The lowest BCUT2D eigenvalue weighted by molar-refractivity contribution is 0.151. The third-order valence-corrected chi connectivity index (χ3v) is 7.18. The molecule has 0 radical (unpaired) electrons. The van der Waals surface area contributed by atoms with Crippen molar-refractivity contribution in [3.8, 4) is 11.3 Å². The van der Waals surface area contributed by atoms with Gasteiger partial charge in [-0.05, 0) is 50.0 Å². The average Bonchev–Trinajstić information content (AvgIpc) is 3.31. The van der Waals surface area contributed by atoms with E-state index in [1.807, 2.05) is 12.3 Å². The Morgan fingerprint density at radius 2 is 1.88 bits per heavy atom. The molecule has 34 heavy (non-hydrogen) atoms. The van der Waals surface area contributed by atoms with Crippen LogP contribution in [0.15, 0.2) is 54.1 Å². The van der Waals surface area contributed by atoms with E-state index < -0.39 is 0 Å². The summed E-state index contributed by atoms with van der Waals surface area (Å²) in [4.78, 5) is 17.7. The molecule has 0 amide bonds. The van der Waals surface area contributed by atoms with Crippen LogP contribution < -0.4 is 10.2 Å². The van der Waals surface area contributed by atoms with Gasteiger partial charge in [-0.3, -0.25) is 4.90 Å². The predicted octanol–water partition coefficient (Wildman–Crippen LogP) is 4.22. The van der Waals surface area contributed by atoms with Crippen molar-refractivity contribution in [3.05, 3.63) is 64.5 Å². The minimum atomic E-state index is 0.609. The van der Waals surface area contributed by atoms with Gasteiger partial charge in [-0.2, -0.15) is 0 Å². The van der Waals surface area contributed by atoms with Gasteiger partial charge < -0.3 is 19.9 Å². The SMILES string of the molecule is CN1CCN(c2ccc3cc2CN(C)CC=CCOCc2cc(cs2)-c2ccnc(n2)N3)CC1. The summed E-state index contributed by atoms with van der Waals surface area (Å²) in [5, 5.41) is 5.57. The summed E-state index contributed by atoms with van der Waals surface area (Å²) in [6.07, 6.45) is 6.12. The maximum Gasteiger partial charge on any atom is 0.227 e. The Kier molecular flexibility index (Phi) is 7.20. The van der Waals surface area contributed by atoms with E-state index in [4.69, 9.17) is 9.72 Å². The summed E-state index contributed by atoms with van der Waals surface area (Å²) < 4.78 is 5.86. The second-order valence-electron chi connectivity index (χ2n) is 9.01. The number of aromatic nitrogens is 2. The molecule has 6 bridgehead atoms. The minimum Gasteiger partial charge on any atom is -0.372 e. The third kappa shape index (κ3) is 5.64. The standard InChI is InChI=1S/C26H32N6OS/c1-30-10-12-32(13-11-30)25-6-5-22-15-20(25)17-31(2)9-3-4-14-33-18-23-16-21(19-34-23)24-7-8-27-26(28-22)29-24/h3-8,15-16,19H,9-14,17-18H2,1-2H3,(H,27,28,29). The van der Waals surface area contributed by atoms with Crippen LogP contribution in [0.4, 0.5) is 17.3 Å². The van der Waals surface area contributed by atoms with Crippen molar-refractivity contribution in [2.24, 2.45) is 0 Å². The van der Waals surface area contributed by atoms with Gasteiger partial charge in [-0.15, -0.1) is 11.3 Å². The van der Waals surface area contributed by atoms with E-state index in [2.05, 4.69) is 80.9 Å². The highest BCUT2D eigenvalue weighted by Crippen LogP contribution is 2.29. The second-order valence-corrected chi connectivity index (χ2v) is 10.0. The monoisotopic (exact) mass is 476 g/mol. The van der Waals surface area contributed by atoms with Gasteiger partial charge in [-0.1, -0.05) is 12.2 Å². The molecule has 0 unspecified atom stereocenters. The topological polar surface area (TPSA) is 56.8 Å². The Morgan fingerprint density at radius 3 is 2.76 bits per heavy atom. The summed E-state index contributed by atoms with van der Waals surface area (Å²) in [5.74, 6) is 0.609. The Bertz CT molecular complexity index is 1140. The van der Waals surface area contributed by atoms with Gasteiger partial charge >= 0.3 is 0 Å². The number of fused-ring (bicyclic) bond motifs is 7. The minimum absolute atomic E-state index is 0.609. The van der Waals surface area contributed by atoms with Crippen molar-refractivity contribution >= 4 is 28.7 Å². The molecule has 5 rings (SSSR count). The van der Waals surface area contributed by atoms with Crippen LogP contribution >= 0.6 is 11.3 Å². The van der Waals surface area contributed by atoms with Crippen molar-refractivity contribution in [3.63, 3.8) is 0 Å². The number of piperazine rings is 1. The quantitative estimate of drug-likeness (QED) is 0.528. The molecule has 2 aliphatic rings. The largest absolute Gasteiger partial charge is 0.372 e. The molecule has 0 atom stereocenters. The van der Waals surface area contributed by atoms with Crippen LogP contribution in [0.5, 0.6) is 0 Å². The second kappa shape index (κ2) is 10.7. The Hall–Kier alpha value is -2.78. The highest BCUT2D eigenvalue weighted by atomic mass is 32.1. The molecule has 2 aliphatic heterocycles. The molecule has 2 aromatic heterocycles. The van der Waals surface area contributed by atoms with Gasteiger partial charge in [0.15, 0.2) is 0 Å². The number of ether oxygens (including phenoxy) is 1. The number of thiophene rings is 1. The molecule has 1 N–H and O–H groups in total. The summed E-state index contributed by atoms with van der Waals surface area (Å²) in [6, 6.07) is 10.7. The van der Waals surface area contributed by atoms with E-state index >= 15 is 0 Å². The third-order valence-electron chi connectivity index (χ3n) is 6.27. The van der Waals surface area contributed by atoms with Crippen LogP contribution in [0.2, 0.25) is 0 Å². The van der Waals surface area contributed by atoms with Crippen LogP contribution in [-0.2, 0) is 17.9 Å². The maximum atomic E-state index is 5.86. The van der Waals surface area contributed by atoms with Crippen molar-refractivity contribution in [2.45, 2.75) is 13.2 Å². The maximum absolute atomic E-state index is 5.86. The number of nitrogens with zero attached hydrogens (tertiary/aromatic N) is 5. The number of hydrogen-bond acceptors (Lipinski definition) is 8. The zero-order valence-electron chi connectivity index (χ0n) is 19.9. The summed E-state index contributed by atoms with van der Waals surface area (Å²) in [7, 11) is 4.36. The molecule has 178 valence electrons. The van der Waals surface area contributed by atoms with E-state index in [9.17, 15) is 0 Å². The fourth-order valence-electron chi connectivity index (χ4n) is 4.35. The number of nitrogens with one attached hydrogen (secondary N) is 1. The summed E-state index contributed by atoms with van der Waals surface area (Å²) in [6.45, 7) is 7.23. The average molecular weight is 477 g/mol. The molecule has 7 nitrogen and oxygen atoms in total. The fourth-order valence-corrected chi connectivity index (χ4v) is 5.16. The van der Waals surface area contributed by atoms with Crippen molar-refractivity contribution in [1.29, 1.82) is 0 Å². The number of hydrogen-bond donors (Lipinski definition) is 1. The van der Waals surface area contributed by atoms with Crippen LogP contribution in [0.1, 0.15) is 10.4 Å². The molecular weight excluding hydrogens is 444 g/mol. The molecular formula is C26H32N6OS. The normalized spacial score (nSPS) is 18.2. The first-order valence-electron chi connectivity index (χ1n) is 11.8. The first-order valence-corrected chi connectivity index (χ1v) is 12.7. The van der Waals surface area contributed by atoms with E-state index in [0.29, 0.717) is 19.2 Å². The van der Waals surface area contributed by atoms with Crippen molar-refractivity contribution < 1.29 is 4.74 Å². The van der Waals surface area contributed by atoms with Crippen LogP contribution in [0.25, 0.3) is 11.3 Å². The van der Waals surface area contributed by atoms with Gasteiger partial charge in [0.2, 0.25) is 5.95 Å². The molecule has 8 heteroatoms. The van der Waals surface area contributed by atoms with Crippen LogP contribution in [0.3, 0.4) is 0 Å². The van der Waals surface area contributed by atoms with Gasteiger partial charge in [0.1, 0.15) is 0 Å². The molecule has 0 saturated carbocycles. The molecule has 0 aliphatic carbocycles. The van der Waals surface area contributed by atoms with Crippen molar-refractivity contribution in [1.82, 2.24) is 19.8 Å². The lowest BCUT2D eigenvalue weighted by atomic mass is 10.1. The number of benzene rings is 1. The number of anilines is 3. The van der Waals surface area contributed by atoms with Crippen LogP contribution in [0, 0.1) is 0 Å². The Balaban J connectivity index is 1.47. The first-order chi connectivity index (χ1) is 16.6. The molecule has 1 fully saturated rings. The molecule has 1 aromatic carbocycles. The van der Waals surface area contributed by atoms with Gasteiger partial charge in [0.25, 0.3) is 0 Å². The Morgan fingerprint density at radius 1 is 1.00 bits per heavy atom. The molecule has 4 heterocycles. The van der Waals surface area contributed by atoms with E-state index in [0.717, 1.165) is 56.2 Å². The van der Waals surface area contributed by atoms with Gasteiger partial charge in [-0.25, -0.2) is 9.97 Å².